The highest BCUT2D eigenvalue weighted by molar-refractivity contribution is 7.98. The van der Waals surface area contributed by atoms with E-state index in [1.807, 2.05) is 19.1 Å². The van der Waals surface area contributed by atoms with E-state index in [2.05, 4.69) is 24.4 Å². The lowest BCUT2D eigenvalue weighted by atomic mass is 10.1. The van der Waals surface area contributed by atoms with E-state index >= 15 is 0 Å². The van der Waals surface area contributed by atoms with Crippen molar-refractivity contribution in [3.05, 3.63) is 35.4 Å². The molecule has 0 radical (unpaired) electrons. The second-order valence-corrected chi connectivity index (χ2v) is 5.48. The van der Waals surface area contributed by atoms with E-state index in [9.17, 15) is 4.79 Å². The fraction of sp³-hybridized carbons (Fsp3) is 0.500. The third kappa shape index (κ3) is 3.75. The zero-order chi connectivity index (χ0) is 13.6. The molecule has 1 unspecified atom stereocenters. The number of rotatable bonds is 6. The maximum absolute atomic E-state index is 11.7. The molecular formula is C14H21NO2S. The number of nitrogens with one attached hydrogen (secondary N) is 1. The van der Waals surface area contributed by atoms with Gasteiger partial charge in [-0.25, -0.2) is 0 Å². The fourth-order valence-corrected chi connectivity index (χ4v) is 2.91. The Balaban J connectivity index is 2.55. The Morgan fingerprint density at radius 1 is 1.44 bits per heavy atom. The van der Waals surface area contributed by atoms with Gasteiger partial charge in [-0.3, -0.25) is 4.79 Å². The normalized spacial score (nSPS) is 14.0. The molecule has 0 saturated carbocycles. The van der Waals surface area contributed by atoms with E-state index in [1.54, 1.807) is 18.8 Å². The number of hydrogen-bond donors (Lipinski definition) is 1. The minimum atomic E-state index is -0.623. The summed E-state index contributed by atoms with van der Waals surface area (Å²) in [6.07, 6.45) is 0. The summed E-state index contributed by atoms with van der Waals surface area (Å²) in [7, 11) is 3.20. The van der Waals surface area contributed by atoms with Crippen LogP contribution in [0.25, 0.3) is 0 Å². The first-order valence-corrected chi connectivity index (χ1v) is 7.08. The fourth-order valence-electron chi connectivity index (χ4n) is 1.60. The SMILES string of the molecule is CNC(C)(CSCc1ccccc1C)C(=O)OC. The van der Waals surface area contributed by atoms with Gasteiger partial charge in [0.2, 0.25) is 0 Å². The molecular weight excluding hydrogens is 246 g/mol. The van der Waals surface area contributed by atoms with Gasteiger partial charge in [0.05, 0.1) is 7.11 Å². The summed E-state index contributed by atoms with van der Waals surface area (Å²) in [6, 6.07) is 8.31. The third-order valence-electron chi connectivity index (χ3n) is 3.10. The van der Waals surface area contributed by atoms with Gasteiger partial charge in [0.1, 0.15) is 5.54 Å². The van der Waals surface area contributed by atoms with Gasteiger partial charge in [-0.2, -0.15) is 11.8 Å². The molecule has 1 N–H and O–H groups in total. The Morgan fingerprint density at radius 3 is 2.67 bits per heavy atom. The lowest BCUT2D eigenvalue weighted by molar-refractivity contribution is -0.146. The van der Waals surface area contributed by atoms with E-state index in [0.717, 1.165) is 5.75 Å². The largest absolute Gasteiger partial charge is 0.468 e. The van der Waals surface area contributed by atoms with Crippen molar-refractivity contribution in [2.24, 2.45) is 0 Å². The molecule has 0 spiro atoms. The Kier molecular flexibility index (Phi) is 5.69. The Hall–Kier alpha value is -1.00. The lowest BCUT2D eigenvalue weighted by Crippen LogP contribution is -2.50. The highest BCUT2D eigenvalue weighted by atomic mass is 32.2. The van der Waals surface area contributed by atoms with Gasteiger partial charge >= 0.3 is 5.97 Å². The molecule has 0 bridgehead atoms. The second-order valence-electron chi connectivity index (χ2n) is 4.49. The van der Waals surface area contributed by atoms with Crippen molar-refractivity contribution in [2.45, 2.75) is 25.1 Å². The topological polar surface area (TPSA) is 38.3 Å². The zero-order valence-electron chi connectivity index (χ0n) is 11.4. The summed E-state index contributed by atoms with van der Waals surface area (Å²) in [5.74, 6) is 1.37. The second kappa shape index (κ2) is 6.81. The molecule has 1 rings (SSSR count). The van der Waals surface area contributed by atoms with Crippen LogP contribution < -0.4 is 5.32 Å². The third-order valence-corrected chi connectivity index (χ3v) is 4.39. The minimum absolute atomic E-state index is 0.220. The Labute approximate surface area is 113 Å². The maximum Gasteiger partial charge on any atom is 0.326 e. The van der Waals surface area contributed by atoms with Gasteiger partial charge in [-0.05, 0) is 32.0 Å². The van der Waals surface area contributed by atoms with Crippen molar-refractivity contribution in [3.63, 3.8) is 0 Å². The molecule has 18 heavy (non-hydrogen) atoms. The number of ether oxygens (including phenoxy) is 1. The number of methoxy groups -OCH3 is 1. The van der Waals surface area contributed by atoms with E-state index in [4.69, 9.17) is 4.74 Å². The zero-order valence-corrected chi connectivity index (χ0v) is 12.3. The van der Waals surface area contributed by atoms with Crippen molar-refractivity contribution < 1.29 is 9.53 Å². The van der Waals surface area contributed by atoms with Crippen molar-refractivity contribution in [2.75, 3.05) is 19.9 Å². The summed E-state index contributed by atoms with van der Waals surface area (Å²) in [5.41, 5.74) is 1.97. The van der Waals surface area contributed by atoms with Crippen LogP contribution in [0.4, 0.5) is 0 Å². The standard InChI is InChI=1S/C14H21NO2S/c1-11-7-5-6-8-12(11)9-18-10-14(2,15-3)13(16)17-4/h5-8,15H,9-10H2,1-4H3. The first kappa shape index (κ1) is 15.1. The molecule has 0 aliphatic carbocycles. The molecule has 0 aliphatic heterocycles. The summed E-state index contributed by atoms with van der Waals surface area (Å²) in [4.78, 5) is 11.7. The quantitative estimate of drug-likeness (QED) is 0.803. The van der Waals surface area contributed by atoms with Crippen LogP contribution in [0.2, 0.25) is 0 Å². The van der Waals surface area contributed by atoms with Crippen LogP contribution >= 0.6 is 11.8 Å². The number of aryl methyl sites for hydroxylation is 1. The summed E-state index contributed by atoms with van der Waals surface area (Å²) >= 11 is 1.73. The minimum Gasteiger partial charge on any atom is -0.468 e. The molecule has 0 amide bonds. The number of benzene rings is 1. The maximum atomic E-state index is 11.7. The number of hydrogen-bond acceptors (Lipinski definition) is 4. The number of likely N-dealkylation sites (N-methyl/N-ethyl adjacent to an activating group) is 1. The van der Waals surface area contributed by atoms with E-state index in [-0.39, 0.29) is 5.97 Å². The Bertz CT molecular complexity index is 409. The van der Waals surface area contributed by atoms with Crippen molar-refractivity contribution >= 4 is 17.7 Å². The highest BCUT2D eigenvalue weighted by Crippen LogP contribution is 2.20. The average Bonchev–Trinajstić information content (AvgIpc) is 2.39. The molecule has 0 aromatic heterocycles. The molecule has 1 aromatic carbocycles. The lowest BCUT2D eigenvalue weighted by Gasteiger charge is -2.25. The molecule has 4 heteroatoms. The molecule has 0 fully saturated rings. The van der Waals surface area contributed by atoms with Gasteiger partial charge in [-0.15, -0.1) is 0 Å². The predicted molar refractivity (Wildman–Crippen MR) is 76.8 cm³/mol. The van der Waals surface area contributed by atoms with E-state index < -0.39 is 5.54 Å². The van der Waals surface area contributed by atoms with Crippen LogP contribution in [0.1, 0.15) is 18.1 Å². The van der Waals surface area contributed by atoms with Crippen molar-refractivity contribution in [1.82, 2.24) is 5.32 Å². The van der Waals surface area contributed by atoms with Gasteiger partial charge < -0.3 is 10.1 Å². The van der Waals surface area contributed by atoms with E-state index in [0.29, 0.717) is 5.75 Å². The summed E-state index contributed by atoms with van der Waals surface area (Å²) in [5, 5.41) is 3.03. The van der Waals surface area contributed by atoms with Crippen molar-refractivity contribution in [3.8, 4) is 0 Å². The van der Waals surface area contributed by atoms with Crippen LogP contribution in [0.5, 0.6) is 0 Å². The van der Waals surface area contributed by atoms with Crippen LogP contribution in [0, 0.1) is 6.92 Å². The number of carbonyl (C=O) groups excluding carboxylic acids is 1. The molecule has 1 atom stereocenters. The molecule has 0 aliphatic rings. The molecule has 0 saturated heterocycles. The van der Waals surface area contributed by atoms with Crippen LogP contribution in [-0.2, 0) is 15.3 Å². The molecule has 1 aromatic rings. The number of thioether (sulfide) groups is 1. The monoisotopic (exact) mass is 267 g/mol. The number of esters is 1. The van der Waals surface area contributed by atoms with Crippen LogP contribution in [0.3, 0.4) is 0 Å². The van der Waals surface area contributed by atoms with Gasteiger partial charge in [0, 0.05) is 11.5 Å². The molecule has 100 valence electrons. The van der Waals surface area contributed by atoms with Crippen molar-refractivity contribution in [1.29, 1.82) is 0 Å². The number of carbonyl (C=O) groups is 1. The highest BCUT2D eigenvalue weighted by Gasteiger charge is 2.32. The summed E-state index contributed by atoms with van der Waals surface area (Å²) < 4.78 is 4.82. The first-order valence-electron chi connectivity index (χ1n) is 5.93. The van der Waals surface area contributed by atoms with Gasteiger partial charge in [0.25, 0.3) is 0 Å². The molecule has 0 heterocycles. The van der Waals surface area contributed by atoms with Gasteiger partial charge in [-0.1, -0.05) is 24.3 Å². The predicted octanol–water partition coefficient (Wildman–Crippen LogP) is 2.38. The van der Waals surface area contributed by atoms with Gasteiger partial charge in [0.15, 0.2) is 0 Å². The average molecular weight is 267 g/mol. The first-order chi connectivity index (χ1) is 8.53. The van der Waals surface area contributed by atoms with E-state index in [1.165, 1.54) is 18.2 Å². The Morgan fingerprint density at radius 2 is 2.11 bits per heavy atom. The molecule has 3 nitrogen and oxygen atoms in total. The van der Waals surface area contributed by atoms with Crippen LogP contribution in [-0.4, -0.2) is 31.4 Å². The van der Waals surface area contributed by atoms with Crippen LogP contribution in [0.15, 0.2) is 24.3 Å². The summed E-state index contributed by atoms with van der Waals surface area (Å²) in [6.45, 7) is 3.97. The smallest absolute Gasteiger partial charge is 0.326 e.